The molecule has 0 radical (unpaired) electrons. The van der Waals surface area contributed by atoms with Crippen molar-refractivity contribution in [2.75, 3.05) is 0 Å². The molecule has 0 aliphatic rings. The second-order valence-electron chi connectivity index (χ2n) is 2.41. The van der Waals surface area contributed by atoms with Crippen molar-refractivity contribution in [3.63, 3.8) is 0 Å². The fraction of sp³-hybridized carbons (Fsp3) is 0.667. The molecule has 0 unspecified atom stereocenters. The summed E-state index contributed by atoms with van der Waals surface area (Å²) in [6, 6.07) is 0. The lowest BCUT2D eigenvalue weighted by atomic mass is 10.2. The minimum atomic E-state index is 0.260. The normalized spacial score (nSPS) is 10.6. The first kappa shape index (κ1) is 9.41. The van der Waals surface area contributed by atoms with Gasteiger partial charge in [0.1, 0.15) is 0 Å². The molecule has 10 heavy (non-hydrogen) atoms. The minimum Gasteiger partial charge on any atom is -0.295 e. The lowest BCUT2D eigenvalue weighted by Crippen LogP contribution is -1.89. The number of allylic oxidation sites excluding steroid dienone is 2. The summed E-state index contributed by atoms with van der Waals surface area (Å²) in [7, 11) is 0. The topological polar surface area (TPSA) is 17.1 Å². The summed E-state index contributed by atoms with van der Waals surface area (Å²) in [5.41, 5.74) is 0. The molecule has 0 aliphatic heterocycles. The van der Waals surface area contributed by atoms with E-state index in [-0.39, 0.29) is 5.78 Å². The van der Waals surface area contributed by atoms with Crippen molar-refractivity contribution in [3.8, 4) is 0 Å². The van der Waals surface area contributed by atoms with Crippen LogP contribution in [0.15, 0.2) is 12.2 Å². The van der Waals surface area contributed by atoms with Gasteiger partial charge in [-0.3, -0.25) is 4.79 Å². The zero-order chi connectivity index (χ0) is 7.82. The van der Waals surface area contributed by atoms with Gasteiger partial charge in [0.2, 0.25) is 0 Å². The monoisotopic (exact) mass is 140 g/mol. The van der Waals surface area contributed by atoms with Gasteiger partial charge in [-0.2, -0.15) is 0 Å². The lowest BCUT2D eigenvalue weighted by Gasteiger charge is -1.87. The zero-order valence-corrected chi connectivity index (χ0v) is 6.89. The molecule has 0 saturated heterocycles. The molecule has 0 saturated carbocycles. The Morgan fingerprint density at radius 2 is 2.00 bits per heavy atom. The molecule has 1 heteroatoms. The standard InChI is InChI=1S/C9H16O/c1-3-5-6-8-9(10)7-4-2/h6,8H,3-5,7H2,1-2H3. The van der Waals surface area contributed by atoms with Crippen molar-refractivity contribution in [3.05, 3.63) is 12.2 Å². The van der Waals surface area contributed by atoms with Crippen LogP contribution in [-0.2, 0) is 4.79 Å². The molecule has 0 spiro atoms. The molecule has 0 fully saturated rings. The molecular weight excluding hydrogens is 124 g/mol. The number of rotatable bonds is 5. The Labute approximate surface area is 63.1 Å². The molecule has 0 aromatic carbocycles. The molecule has 0 rings (SSSR count). The maximum Gasteiger partial charge on any atom is 0.155 e. The quantitative estimate of drug-likeness (QED) is 0.536. The number of carbonyl (C=O) groups excluding carboxylic acids is 1. The molecule has 58 valence electrons. The third-order valence-electron chi connectivity index (χ3n) is 1.26. The molecule has 0 aromatic rings. The second-order valence-corrected chi connectivity index (χ2v) is 2.41. The van der Waals surface area contributed by atoms with Crippen LogP contribution in [0.1, 0.15) is 39.5 Å². The largest absolute Gasteiger partial charge is 0.295 e. The van der Waals surface area contributed by atoms with E-state index in [9.17, 15) is 4.79 Å². The van der Waals surface area contributed by atoms with Crippen molar-refractivity contribution < 1.29 is 4.79 Å². The first-order valence-electron chi connectivity index (χ1n) is 4.00. The Morgan fingerprint density at radius 3 is 2.50 bits per heavy atom. The van der Waals surface area contributed by atoms with Crippen LogP contribution in [0.25, 0.3) is 0 Å². The summed E-state index contributed by atoms with van der Waals surface area (Å²) in [5.74, 6) is 0.260. The van der Waals surface area contributed by atoms with Crippen LogP contribution in [-0.4, -0.2) is 5.78 Å². The van der Waals surface area contributed by atoms with Gasteiger partial charge in [-0.25, -0.2) is 0 Å². The van der Waals surface area contributed by atoms with Gasteiger partial charge < -0.3 is 0 Å². The minimum absolute atomic E-state index is 0.260. The number of unbranched alkanes of at least 4 members (excludes halogenated alkanes) is 1. The van der Waals surface area contributed by atoms with Gasteiger partial charge in [0, 0.05) is 6.42 Å². The average Bonchev–Trinajstić information content (AvgIpc) is 1.89. The second kappa shape index (κ2) is 6.53. The molecule has 0 bridgehead atoms. The number of hydrogen-bond donors (Lipinski definition) is 0. The third-order valence-corrected chi connectivity index (χ3v) is 1.26. The molecule has 0 N–H and O–H groups in total. The van der Waals surface area contributed by atoms with E-state index in [0.29, 0.717) is 6.42 Å². The van der Waals surface area contributed by atoms with Crippen molar-refractivity contribution >= 4 is 5.78 Å². The van der Waals surface area contributed by atoms with Crippen LogP contribution in [0.4, 0.5) is 0 Å². The third kappa shape index (κ3) is 5.54. The van der Waals surface area contributed by atoms with Crippen LogP contribution >= 0.6 is 0 Å². The summed E-state index contributed by atoms with van der Waals surface area (Å²) in [6.07, 6.45) is 7.45. The van der Waals surface area contributed by atoms with Crippen LogP contribution in [0.5, 0.6) is 0 Å². The fourth-order valence-electron chi connectivity index (χ4n) is 0.711. The van der Waals surface area contributed by atoms with Gasteiger partial charge in [-0.05, 0) is 18.9 Å². The van der Waals surface area contributed by atoms with Gasteiger partial charge in [-0.1, -0.05) is 26.3 Å². The first-order chi connectivity index (χ1) is 4.81. The van der Waals surface area contributed by atoms with Gasteiger partial charge in [0.25, 0.3) is 0 Å². The summed E-state index contributed by atoms with van der Waals surface area (Å²) in [6.45, 7) is 4.13. The Morgan fingerprint density at radius 1 is 1.30 bits per heavy atom. The van der Waals surface area contributed by atoms with Crippen LogP contribution < -0.4 is 0 Å². The summed E-state index contributed by atoms with van der Waals surface area (Å²) in [5, 5.41) is 0. The molecule has 1 nitrogen and oxygen atoms in total. The molecule has 0 atom stereocenters. The van der Waals surface area contributed by atoms with E-state index in [1.54, 1.807) is 6.08 Å². The average molecular weight is 140 g/mol. The van der Waals surface area contributed by atoms with E-state index >= 15 is 0 Å². The maximum absolute atomic E-state index is 10.8. The van der Waals surface area contributed by atoms with Crippen LogP contribution in [0, 0.1) is 0 Å². The SMILES string of the molecule is CCCC=CC(=O)CCC. The summed E-state index contributed by atoms with van der Waals surface area (Å²) < 4.78 is 0. The summed E-state index contributed by atoms with van der Waals surface area (Å²) >= 11 is 0. The van der Waals surface area contributed by atoms with E-state index < -0.39 is 0 Å². The number of hydrogen-bond acceptors (Lipinski definition) is 1. The van der Waals surface area contributed by atoms with Gasteiger partial charge in [0.05, 0.1) is 0 Å². The van der Waals surface area contributed by atoms with Gasteiger partial charge in [-0.15, -0.1) is 0 Å². The van der Waals surface area contributed by atoms with E-state index in [1.807, 2.05) is 13.0 Å². The zero-order valence-electron chi connectivity index (χ0n) is 6.89. The van der Waals surface area contributed by atoms with Crippen molar-refractivity contribution in [2.45, 2.75) is 39.5 Å². The van der Waals surface area contributed by atoms with Crippen molar-refractivity contribution in [1.29, 1.82) is 0 Å². The van der Waals surface area contributed by atoms with E-state index in [2.05, 4.69) is 6.92 Å². The number of carbonyl (C=O) groups is 1. The Balaban J connectivity index is 3.36. The molecule has 0 aromatic heterocycles. The van der Waals surface area contributed by atoms with Crippen molar-refractivity contribution in [2.24, 2.45) is 0 Å². The van der Waals surface area contributed by atoms with Crippen LogP contribution in [0.2, 0.25) is 0 Å². The summed E-state index contributed by atoms with van der Waals surface area (Å²) in [4.78, 5) is 10.8. The Hall–Kier alpha value is -0.590. The highest BCUT2D eigenvalue weighted by atomic mass is 16.1. The van der Waals surface area contributed by atoms with E-state index in [4.69, 9.17) is 0 Å². The highest BCUT2D eigenvalue weighted by Gasteiger charge is 1.90. The predicted octanol–water partition coefficient (Wildman–Crippen LogP) is 2.71. The highest BCUT2D eigenvalue weighted by molar-refractivity contribution is 5.89. The molecular formula is C9H16O. The fourth-order valence-corrected chi connectivity index (χ4v) is 0.711. The molecule has 0 heterocycles. The lowest BCUT2D eigenvalue weighted by molar-refractivity contribution is -0.114. The van der Waals surface area contributed by atoms with E-state index in [1.165, 1.54) is 0 Å². The predicted molar refractivity (Wildman–Crippen MR) is 44.0 cm³/mol. The maximum atomic E-state index is 10.8. The van der Waals surface area contributed by atoms with Crippen molar-refractivity contribution in [1.82, 2.24) is 0 Å². The van der Waals surface area contributed by atoms with Crippen LogP contribution in [0.3, 0.4) is 0 Å². The first-order valence-corrected chi connectivity index (χ1v) is 4.00. The Kier molecular flexibility index (Phi) is 6.14. The molecule has 0 aliphatic carbocycles. The Bertz CT molecular complexity index is 114. The smallest absolute Gasteiger partial charge is 0.155 e. The highest BCUT2D eigenvalue weighted by Crippen LogP contribution is 1.93. The molecule has 0 amide bonds. The van der Waals surface area contributed by atoms with E-state index in [0.717, 1.165) is 19.3 Å². The number of ketones is 1. The van der Waals surface area contributed by atoms with Gasteiger partial charge >= 0.3 is 0 Å². The van der Waals surface area contributed by atoms with Gasteiger partial charge in [0.15, 0.2) is 5.78 Å².